The van der Waals surface area contributed by atoms with Gasteiger partial charge in [0.05, 0.1) is 11.5 Å². The highest BCUT2D eigenvalue weighted by Crippen LogP contribution is 2.25. The van der Waals surface area contributed by atoms with Crippen molar-refractivity contribution in [2.75, 3.05) is 32.8 Å². The van der Waals surface area contributed by atoms with Gasteiger partial charge in [0.25, 0.3) is 0 Å². The lowest BCUT2D eigenvalue weighted by Gasteiger charge is -2.34. The van der Waals surface area contributed by atoms with E-state index in [1.807, 2.05) is 31.2 Å². The zero-order valence-corrected chi connectivity index (χ0v) is 18.9. The smallest absolute Gasteiger partial charge is 0.494 e. The van der Waals surface area contributed by atoms with Crippen molar-refractivity contribution in [3.8, 4) is 11.5 Å². The molecule has 7 nitrogen and oxygen atoms in total. The van der Waals surface area contributed by atoms with Crippen molar-refractivity contribution in [3.05, 3.63) is 54.1 Å². The predicted molar refractivity (Wildman–Crippen MR) is 114 cm³/mol. The number of hydrogen-bond acceptors (Lipinski definition) is 5. The zero-order chi connectivity index (χ0) is 24.1. The molecule has 1 fully saturated rings. The van der Waals surface area contributed by atoms with Crippen LogP contribution in [-0.2, 0) is 14.8 Å². The number of aryl methyl sites for hydroxylation is 1. The second kappa shape index (κ2) is 10.4. The number of halogens is 3. The first kappa shape index (κ1) is 24.8. The third kappa shape index (κ3) is 7.10. The molecule has 1 aliphatic rings. The summed E-state index contributed by atoms with van der Waals surface area (Å²) in [5.41, 5.74) is 1.09. The topological polar surface area (TPSA) is 76.2 Å². The Bertz CT molecular complexity index is 1050. The van der Waals surface area contributed by atoms with Gasteiger partial charge < -0.3 is 14.4 Å². The molecule has 0 unspecified atom stereocenters. The molecule has 2 aromatic carbocycles. The fourth-order valence-corrected chi connectivity index (χ4v) is 4.84. The second-order valence-corrected chi connectivity index (χ2v) is 9.51. The van der Waals surface area contributed by atoms with Crippen molar-refractivity contribution in [3.63, 3.8) is 0 Å². The number of rotatable bonds is 8. The maximum Gasteiger partial charge on any atom is 0.573 e. The van der Waals surface area contributed by atoms with Crippen molar-refractivity contribution in [1.82, 2.24) is 9.21 Å². The first-order valence-corrected chi connectivity index (χ1v) is 11.8. The molecule has 0 radical (unpaired) electrons. The predicted octanol–water partition coefficient (Wildman–Crippen LogP) is 3.59. The first-order valence-electron chi connectivity index (χ1n) is 10.4. The Morgan fingerprint density at radius 1 is 1.00 bits per heavy atom. The first-order chi connectivity index (χ1) is 15.5. The summed E-state index contributed by atoms with van der Waals surface area (Å²) >= 11 is 0. The molecule has 1 saturated heterocycles. The highest BCUT2D eigenvalue weighted by Gasteiger charge is 2.32. The van der Waals surface area contributed by atoms with Gasteiger partial charge in [-0.15, -0.1) is 13.2 Å². The number of carbonyl (C=O) groups excluding carboxylic acids is 1. The molecule has 0 atom stereocenters. The van der Waals surface area contributed by atoms with Crippen molar-refractivity contribution >= 4 is 15.9 Å². The molecule has 33 heavy (non-hydrogen) atoms. The van der Waals surface area contributed by atoms with Crippen LogP contribution < -0.4 is 9.47 Å². The van der Waals surface area contributed by atoms with Crippen LogP contribution in [0.15, 0.2) is 53.4 Å². The van der Waals surface area contributed by atoms with Gasteiger partial charge in [0.2, 0.25) is 15.9 Å². The molecule has 180 valence electrons. The Labute approximate surface area is 190 Å². The fraction of sp³-hybridized carbons (Fsp3) is 0.409. The maximum absolute atomic E-state index is 12.8. The van der Waals surface area contributed by atoms with Crippen molar-refractivity contribution in [1.29, 1.82) is 0 Å². The van der Waals surface area contributed by atoms with Crippen LogP contribution in [0.2, 0.25) is 0 Å². The minimum atomic E-state index is -4.85. The van der Waals surface area contributed by atoms with Crippen LogP contribution in [0.1, 0.15) is 18.4 Å². The van der Waals surface area contributed by atoms with E-state index in [1.54, 1.807) is 4.90 Å². The number of alkyl halides is 3. The minimum absolute atomic E-state index is 0.0754. The van der Waals surface area contributed by atoms with E-state index in [2.05, 4.69) is 4.74 Å². The maximum atomic E-state index is 12.8. The lowest BCUT2D eigenvalue weighted by atomic mass is 10.2. The summed E-state index contributed by atoms with van der Waals surface area (Å²) < 4.78 is 73.0. The molecule has 0 aliphatic carbocycles. The molecule has 0 N–H and O–H groups in total. The summed E-state index contributed by atoms with van der Waals surface area (Å²) in [6.07, 6.45) is -4.02. The summed E-state index contributed by atoms with van der Waals surface area (Å²) in [5.74, 6) is 0.177. The van der Waals surface area contributed by atoms with Crippen molar-refractivity contribution in [2.24, 2.45) is 0 Å². The molecular weight excluding hydrogens is 461 g/mol. The van der Waals surface area contributed by atoms with Gasteiger partial charge >= 0.3 is 6.36 Å². The number of benzene rings is 2. The zero-order valence-electron chi connectivity index (χ0n) is 18.0. The van der Waals surface area contributed by atoms with Crippen LogP contribution in [0.3, 0.4) is 0 Å². The van der Waals surface area contributed by atoms with Gasteiger partial charge in [0.1, 0.15) is 11.5 Å². The molecule has 0 aromatic heterocycles. The van der Waals surface area contributed by atoms with E-state index in [-0.39, 0.29) is 37.0 Å². The van der Waals surface area contributed by atoms with Crippen LogP contribution in [0.5, 0.6) is 11.5 Å². The van der Waals surface area contributed by atoms with Gasteiger partial charge in [-0.1, -0.05) is 12.1 Å². The number of sulfonamides is 1. The Kier molecular flexibility index (Phi) is 7.85. The highest BCUT2D eigenvalue weighted by molar-refractivity contribution is 7.89. The molecular formula is C22H25F3N2O5S. The number of nitrogens with zero attached hydrogens (tertiary/aromatic N) is 2. The average molecular weight is 487 g/mol. The van der Waals surface area contributed by atoms with Crippen molar-refractivity contribution in [2.45, 2.75) is 31.0 Å². The van der Waals surface area contributed by atoms with Crippen LogP contribution in [-0.4, -0.2) is 62.7 Å². The van der Waals surface area contributed by atoms with Crippen molar-refractivity contribution < 1.29 is 35.9 Å². The standard InChI is InChI=1S/C22H25F3N2O5S/c1-17-4-2-5-19(16-17)31-15-3-6-21(28)26-11-13-27(14-12-26)33(29,30)20-9-7-18(8-10-20)32-22(23,24)25/h2,4-5,7-10,16H,3,6,11-15H2,1H3. The minimum Gasteiger partial charge on any atom is -0.494 e. The van der Waals surface area contributed by atoms with E-state index >= 15 is 0 Å². The molecule has 0 bridgehead atoms. The molecule has 3 rings (SSSR count). The largest absolute Gasteiger partial charge is 0.573 e. The van der Waals surface area contributed by atoms with Crippen LogP contribution >= 0.6 is 0 Å². The van der Waals surface area contributed by atoms with Gasteiger partial charge in [-0.3, -0.25) is 4.79 Å². The van der Waals surface area contributed by atoms with Gasteiger partial charge in [0.15, 0.2) is 0 Å². The Morgan fingerprint density at radius 2 is 1.67 bits per heavy atom. The number of piperazine rings is 1. The highest BCUT2D eigenvalue weighted by atomic mass is 32.2. The molecule has 11 heteroatoms. The molecule has 1 heterocycles. The summed E-state index contributed by atoms with van der Waals surface area (Å²) in [7, 11) is -3.89. The second-order valence-electron chi connectivity index (χ2n) is 7.57. The Hall–Kier alpha value is -2.79. The van der Waals surface area contributed by atoms with E-state index in [0.29, 0.717) is 19.4 Å². The van der Waals surface area contributed by atoms with Gasteiger partial charge in [-0.25, -0.2) is 8.42 Å². The average Bonchev–Trinajstić information content (AvgIpc) is 2.76. The summed E-state index contributed by atoms with van der Waals surface area (Å²) in [4.78, 5) is 13.9. The van der Waals surface area contributed by atoms with E-state index in [1.165, 1.54) is 4.31 Å². The normalized spacial score (nSPS) is 15.3. The number of amides is 1. The van der Waals surface area contributed by atoms with Gasteiger partial charge in [-0.2, -0.15) is 4.31 Å². The van der Waals surface area contributed by atoms with Gasteiger partial charge in [0, 0.05) is 32.6 Å². The van der Waals surface area contributed by atoms with Crippen LogP contribution in [0.4, 0.5) is 13.2 Å². The molecule has 1 aliphatic heterocycles. The Morgan fingerprint density at radius 3 is 2.27 bits per heavy atom. The molecule has 0 saturated carbocycles. The van der Waals surface area contributed by atoms with Crippen LogP contribution in [0, 0.1) is 6.92 Å². The third-order valence-corrected chi connectivity index (χ3v) is 6.99. The quantitative estimate of drug-likeness (QED) is 0.533. The van der Waals surface area contributed by atoms with Gasteiger partial charge in [-0.05, 0) is 55.3 Å². The van der Waals surface area contributed by atoms with Crippen LogP contribution in [0.25, 0.3) is 0 Å². The lowest BCUT2D eigenvalue weighted by molar-refractivity contribution is -0.274. The Balaban J connectivity index is 1.45. The SMILES string of the molecule is Cc1cccc(OCCCC(=O)N2CCN(S(=O)(=O)c3ccc(OC(F)(F)F)cc3)CC2)c1. The lowest BCUT2D eigenvalue weighted by Crippen LogP contribution is -2.50. The number of hydrogen-bond donors (Lipinski definition) is 0. The van der Waals surface area contributed by atoms with E-state index in [0.717, 1.165) is 35.6 Å². The number of carbonyl (C=O) groups is 1. The van der Waals surface area contributed by atoms with E-state index < -0.39 is 22.1 Å². The summed E-state index contributed by atoms with van der Waals surface area (Å²) in [6.45, 7) is 3.06. The summed E-state index contributed by atoms with van der Waals surface area (Å²) in [5, 5.41) is 0. The molecule has 1 amide bonds. The molecule has 0 spiro atoms. The van der Waals surface area contributed by atoms with E-state index in [9.17, 15) is 26.4 Å². The molecule has 2 aromatic rings. The van der Waals surface area contributed by atoms with E-state index in [4.69, 9.17) is 4.74 Å². The third-order valence-electron chi connectivity index (χ3n) is 5.08. The monoisotopic (exact) mass is 486 g/mol. The number of ether oxygens (including phenoxy) is 2. The fourth-order valence-electron chi connectivity index (χ4n) is 3.42. The summed E-state index contributed by atoms with van der Waals surface area (Å²) in [6, 6.07) is 11.7.